The van der Waals surface area contributed by atoms with Gasteiger partial charge in [-0.15, -0.1) is 0 Å². The predicted molar refractivity (Wildman–Crippen MR) is 56.7 cm³/mol. The zero-order valence-corrected chi connectivity index (χ0v) is 8.58. The highest BCUT2D eigenvalue weighted by atomic mass is 19.1. The number of likely N-dealkylation sites (tertiary alicyclic amines) is 1. The van der Waals surface area contributed by atoms with Gasteiger partial charge in [-0.1, -0.05) is 18.6 Å². The maximum atomic E-state index is 13.4. The summed E-state index contributed by atoms with van der Waals surface area (Å²) in [6, 6.07) is 0. The van der Waals surface area contributed by atoms with E-state index in [0.717, 1.165) is 26.1 Å². The molecule has 0 radical (unpaired) electrons. The Bertz CT molecular complexity index is 239. The molecule has 2 heteroatoms. The van der Waals surface area contributed by atoms with Crippen LogP contribution in [0.25, 0.3) is 0 Å². The van der Waals surface area contributed by atoms with Crippen LogP contribution in [0.1, 0.15) is 25.7 Å². The van der Waals surface area contributed by atoms with Crippen molar-refractivity contribution in [1.29, 1.82) is 0 Å². The molecule has 1 nitrogen and oxygen atoms in total. The second-order valence-corrected chi connectivity index (χ2v) is 4.27. The highest BCUT2D eigenvalue weighted by Gasteiger charge is 2.19. The molecule has 0 spiro atoms. The van der Waals surface area contributed by atoms with Crippen molar-refractivity contribution in [2.45, 2.75) is 25.7 Å². The largest absolute Gasteiger partial charge is 0.303 e. The fourth-order valence-electron chi connectivity index (χ4n) is 2.27. The maximum Gasteiger partial charge on any atom is 0.105 e. The molecule has 1 saturated heterocycles. The number of allylic oxidation sites excluding steroid dienone is 3. The van der Waals surface area contributed by atoms with Gasteiger partial charge < -0.3 is 4.90 Å². The topological polar surface area (TPSA) is 3.24 Å². The third-order valence-electron chi connectivity index (χ3n) is 3.13. The van der Waals surface area contributed by atoms with Crippen molar-refractivity contribution >= 4 is 0 Å². The first-order valence-electron chi connectivity index (χ1n) is 5.61. The van der Waals surface area contributed by atoms with Crippen LogP contribution in [-0.2, 0) is 0 Å². The molecule has 1 aliphatic carbocycles. The molecular weight excluding hydrogens is 177 g/mol. The SMILES string of the molecule is FC1=CC=CCC1CN1CCCCC1. The second-order valence-electron chi connectivity index (χ2n) is 4.27. The summed E-state index contributed by atoms with van der Waals surface area (Å²) in [4.78, 5) is 2.40. The van der Waals surface area contributed by atoms with Gasteiger partial charge in [0.25, 0.3) is 0 Å². The fourth-order valence-corrected chi connectivity index (χ4v) is 2.27. The third-order valence-corrected chi connectivity index (χ3v) is 3.13. The Morgan fingerprint density at radius 3 is 2.79 bits per heavy atom. The minimum atomic E-state index is 0.0677. The van der Waals surface area contributed by atoms with Crippen molar-refractivity contribution in [1.82, 2.24) is 4.90 Å². The van der Waals surface area contributed by atoms with E-state index in [1.54, 1.807) is 6.08 Å². The van der Waals surface area contributed by atoms with E-state index in [0.29, 0.717) is 0 Å². The first-order valence-corrected chi connectivity index (χ1v) is 5.61. The lowest BCUT2D eigenvalue weighted by molar-refractivity contribution is 0.196. The standard InChI is InChI=1S/C12H18FN/c13-12-7-3-2-6-11(12)10-14-8-4-1-5-9-14/h2-3,7,11H,1,4-6,8-10H2. The van der Waals surface area contributed by atoms with E-state index in [2.05, 4.69) is 11.0 Å². The van der Waals surface area contributed by atoms with Gasteiger partial charge in [-0.25, -0.2) is 4.39 Å². The Balaban J connectivity index is 1.84. The second kappa shape index (κ2) is 4.74. The summed E-state index contributed by atoms with van der Waals surface area (Å²) in [6.07, 6.45) is 10.3. The quantitative estimate of drug-likeness (QED) is 0.655. The van der Waals surface area contributed by atoms with E-state index in [-0.39, 0.29) is 11.7 Å². The van der Waals surface area contributed by atoms with Crippen molar-refractivity contribution in [2.75, 3.05) is 19.6 Å². The van der Waals surface area contributed by atoms with E-state index >= 15 is 0 Å². The molecule has 14 heavy (non-hydrogen) atoms. The van der Waals surface area contributed by atoms with Crippen molar-refractivity contribution in [3.63, 3.8) is 0 Å². The average Bonchev–Trinajstić information content (AvgIpc) is 2.23. The van der Waals surface area contributed by atoms with Gasteiger partial charge in [-0.2, -0.15) is 0 Å². The van der Waals surface area contributed by atoms with Gasteiger partial charge in [-0.05, 0) is 38.4 Å². The number of hydrogen-bond acceptors (Lipinski definition) is 1. The molecule has 1 atom stereocenters. The first-order chi connectivity index (χ1) is 6.86. The van der Waals surface area contributed by atoms with Gasteiger partial charge in [0.2, 0.25) is 0 Å². The smallest absolute Gasteiger partial charge is 0.105 e. The van der Waals surface area contributed by atoms with Crippen LogP contribution in [0.5, 0.6) is 0 Å². The Morgan fingerprint density at radius 2 is 2.07 bits per heavy atom. The molecule has 1 heterocycles. The summed E-state index contributed by atoms with van der Waals surface area (Å²) in [6.45, 7) is 3.23. The monoisotopic (exact) mass is 195 g/mol. The van der Waals surface area contributed by atoms with Gasteiger partial charge in [0.05, 0.1) is 0 Å². The molecule has 0 N–H and O–H groups in total. The number of hydrogen-bond donors (Lipinski definition) is 0. The minimum Gasteiger partial charge on any atom is -0.303 e. The Kier molecular flexibility index (Phi) is 3.35. The molecule has 0 saturated carbocycles. The lowest BCUT2D eigenvalue weighted by Crippen LogP contribution is -2.34. The Labute approximate surface area is 85.3 Å². The molecule has 0 aromatic heterocycles. The molecule has 1 fully saturated rings. The summed E-state index contributed by atoms with van der Waals surface area (Å²) < 4.78 is 13.4. The molecule has 2 rings (SSSR count). The van der Waals surface area contributed by atoms with Crippen LogP contribution < -0.4 is 0 Å². The van der Waals surface area contributed by atoms with E-state index in [1.807, 2.05) is 6.08 Å². The van der Waals surface area contributed by atoms with Crippen LogP contribution in [-0.4, -0.2) is 24.5 Å². The molecule has 2 aliphatic rings. The van der Waals surface area contributed by atoms with Crippen LogP contribution in [0.15, 0.2) is 24.1 Å². The highest BCUT2D eigenvalue weighted by molar-refractivity contribution is 5.16. The fraction of sp³-hybridized carbons (Fsp3) is 0.667. The summed E-state index contributed by atoms with van der Waals surface area (Å²) >= 11 is 0. The van der Waals surface area contributed by atoms with E-state index in [1.165, 1.54) is 19.3 Å². The average molecular weight is 195 g/mol. The molecule has 0 amide bonds. The van der Waals surface area contributed by atoms with Crippen LogP contribution in [0.3, 0.4) is 0 Å². The summed E-state index contributed by atoms with van der Waals surface area (Å²) in [5, 5.41) is 0. The van der Waals surface area contributed by atoms with Crippen molar-refractivity contribution in [2.24, 2.45) is 5.92 Å². The van der Waals surface area contributed by atoms with Crippen molar-refractivity contribution < 1.29 is 4.39 Å². The maximum absolute atomic E-state index is 13.4. The number of piperidine rings is 1. The van der Waals surface area contributed by atoms with Gasteiger partial charge in [0, 0.05) is 12.5 Å². The molecule has 0 aromatic carbocycles. The first kappa shape index (κ1) is 9.91. The van der Waals surface area contributed by atoms with Crippen LogP contribution in [0, 0.1) is 5.92 Å². The zero-order chi connectivity index (χ0) is 9.80. The van der Waals surface area contributed by atoms with Crippen LogP contribution in [0.4, 0.5) is 4.39 Å². The Morgan fingerprint density at radius 1 is 1.29 bits per heavy atom. The van der Waals surface area contributed by atoms with Gasteiger partial charge >= 0.3 is 0 Å². The summed E-state index contributed by atoms with van der Waals surface area (Å²) in [7, 11) is 0. The molecule has 0 aromatic rings. The number of nitrogens with zero attached hydrogens (tertiary/aromatic N) is 1. The lowest BCUT2D eigenvalue weighted by Gasteiger charge is -2.30. The van der Waals surface area contributed by atoms with Gasteiger partial charge in [0.15, 0.2) is 0 Å². The lowest BCUT2D eigenvalue weighted by atomic mass is 9.98. The number of halogens is 1. The molecule has 1 unspecified atom stereocenters. The van der Waals surface area contributed by atoms with Crippen LogP contribution >= 0.6 is 0 Å². The van der Waals surface area contributed by atoms with Crippen molar-refractivity contribution in [3.8, 4) is 0 Å². The molecule has 0 bridgehead atoms. The van der Waals surface area contributed by atoms with Gasteiger partial charge in [0.1, 0.15) is 5.83 Å². The van der Waals surface area contributed by atoms with Crippen molar-refractivity contribution in [3.05, 3.63) is 24.1 Å². The third kappa shape index (κ3) is 2.44. The minimum absolute atomic E-state index is 0.0677. The molecular formula is C12H18FN. The summed E-state index contributed by atoms with van der Waals surface area (Å²) in [5.41, 5.74) is 0. The zero-order valence-electron chi connectivity index (χ0n) is 8.58. The van der Waals surface area contributed by atoms with E-state index in [4.69, 9.17) is 0 Å². The van der Waals surface area contributed by atoms with Gasteiger partial charge in [-0.3, -0.25) is 0 Å². The summed E-state index contributed by atoms with van der Waals surface area (Å²) in [5.74, 6) is 0.191. The van der Waals surface area contributed by atoms with E-state index in [9.17, 15) is 4.39 Å². The number of rotatable bonds is 2. The predicted octanol–water partition coefficient (Wildman–Crippen LogP) is 2.90. The Hall–Kier alpha value is -0.630. The highest BCUT2D eigenvalue weighted by Crippen LogP contribution is 2.23. The van der Waals surface area contributed by atoms with E-state index < -0.39 is 0 Å². The van der Waals surface area contributed by atoms with Crippen LogP contribution in [0.2, 0.25) is 0 Å². The molecule has 78 valence electrons. The molecule has 1 aliphatic heterocycles. The normalized spacial score (nSPS) is 28.9.